The van der Waals surface area contributed by atoms with E-state index in [1.54, 1.807) is 19.0 Å². The maximum atomic E-state index is 11.5. The van der Waals surface area contributed by atoms with Gasteiger partial charge in [-0.15, -0.1) is 0 Å². The third-order valence-electron chi connectivity index (χ3n) is 2.91. The van der Waals surface area contributed by atoms with E-state index in [2.05, 4.69) is 10.4 Å². The molecule has 5 nitrogen and oxygen atoms in total. The Morgan fingerprint density at radius 1 is 1.57 bits per heavy atom. The van der Waals surface area contributed by atoms with E-state index in [0.29, 0.717) is 18.5 Å². The van der Waals surface area contributed by atoms with Crippen molar-refractivity contribution in [2.24, 2.45) is 5.92 Å². The summed E-state index contributed by atoms with van der Waals surface area (Å²) in [4.78, 5) is 20.4. The van der Waals surface area contributed by atoms with E-state index in [1.165, 1.54) is 0 Å². The van der Waals surface area contributed by atoms with E-state index in [9.17, 15) is 4.79 Å². The molecule has 0 aromatic rings. The minimum Gasteiger partial charge on any atom is -0.348 e. The highest BCUT2D eigenvalue weighted by atomic mass is 16.7. The van der Waals surface area contributed by atoms with Crippen molar-refractivity contribution in [2.75, 3.05) is 40.3 Å². The SMILES string of the molecule is CN(C)C(=O)CN1CC2CONC2C1. The fourth-order valence-corrected chi connectivity index (χ4v) is 1.99. The summed E-state index contributed by atoms with van der Waals surface area (Å²) >= 11 is 0. The number of likely N-dealkylation sites (tertiary alicyclic amines) is 1. The lowest BCUT2D eigenvalue weighted by atomic mass is 10.1. The van der Waals surface area contributed by atoms with Crippen LogP contribution < -0.4 is 5.48 Å². The van der Waals surface area contributed by atoms with Gasteiger partial charge in [0.25, 0.3) is 0 Å². The Balaban J connectivity index is 1.82. The molecule has 0 radical (unpaired) electrons. The normalized spacial score (nSPS) is 31.9. The van der Waals surface area contributed by atoms with Gasteiger partial charge in [-0.1, -0.05) is 0 Å². The number of fused-ring (bicyclic) bond motifs is 1. The number of hydrogen-bond donors (Lipinski definition) is 1. The van der Waals surface area contributed by atoms with Gasteiger partial charge in [0.2, 0.25) is 5.91 Å². The maximum absolute atomic E-state index is 11.5. The van der Waals surface area contributed by atoms with E-state index < -0.39 is 0 Å². The molecule has 2 rings (SSSR count). The summed E-state index contributed by atoms with van der Waals surface area (Å²) in [6.07, 6.45) is 0. The van der Waals surface area contributed by atoms with Gasteiger partial charge in [-0.2, -0.15) is 5.48 Å². The van der Waals surface area contributed by atoms with Crippen molar-refractivity contribution in [3.8, 4) is 0 Å². The number of amides is 1. The van der Waals surface area contributed by atoms with Crippen LogP contribution in [0.4, 0.5) is 0 Å². The van der Waals surface area contributed by atoms with Gasteiger partial charge in [0.1, 0.15) is 0 Å². The Hall–Kier alpha value is -0.650. The average molecular weight is 199 g/mol. The lowest BCUT2D eigenvalue weighted by Gasteiger charge is -2.18. The van der Waals surface area contributed by atoms with Crippen LogP contribution in [-0.4, -0.2) is 62.1 Å². The second-order valence-electron chi connectivity index (χ2n) is 4.28. The quantitative estimate of drug-likeness (QED) is 0.614. The molecule has 2 saturated heterocycles. The molecule has 0 spiro atoms. The summed E-state index contributed by atoms with van der Waals surface area (Å²) in [5.41, 5.74) is 2.98. The van der Waals surface area contributed by atoms with Gasteiger partial charge in [0.05, 0.1) is 19.2 Å². The first kappa shape index (κ1) is 9.89. The number of hydrogen-bond acceptors (Lipinski definition) is 4. The Kier molecular flexibility index (Phi) is 2.71. The fraction of sp³-hybridized carbons (Fsp3) is 0.889. The van der Waals surface area contributed by atoms with Crippen LogP contribution in [0.5, 0.6) is 0 Å². The summed E-state index contributed by atoms with van der Waals surface area (Å²) in [5, 5.41) is 0. The first-order valence-corrected chi connectivity index (χ1v) is 4.96. The highest BCUT2D eigenvalue weighted by Gasteiger charge is 2.37. The molecule has 1 amide bonds. The first-order chi connectivity index (χ1) is 6.66. The van der Waals surface area contributed by atoms with Gasteiger partial charge in [-0.05, 0) is 0 Å². The minimum atomic E-state index is 0.172. The van der Waals surface area contributed by atoms with E-state index in [4.69, 9.17) is 4.84 Å². The van der Waals surface area contributed by atoms with E-state index in [0.717, 1.165) is 19.7 Å². The highest BCUT2D eigenvalue weighted by molar-refractivity contribution is 5.77. The summed E-state index contributed by atoms with van der Waals surface area (Å²) < 4.78 is 0. The molecule has 2 fully saturated rings. The number of hydroxylamine groups is 1. The predicted octanol–water partition coefficient (Wildman–Crippen LogP) is -1.09. The molecular weight excluding hydrogens is 182 g/mol. The van der Waals surface area contributed by atoms with Gasteiger partial charge < -0.3 is 9.74 Å². The predicted molar refractivity (Wildman–Crippen MR) is 51.5 cm³/mol. The van der Waals surface area contributed by atoms with E-state index in [1.807, 2.05) is 0 Å². The Labute approximate surface area is 83.9 Å². The number of carbonyl (C=O) groups is 1. The molecule has 2 unspecified atom stereocenters. The molecule has 2 aliphatic rings. The van der Waals surface area contributed by atoms with Crippen LogP contribution in [0.15, 0.2) is 0 Å². The lowest BCUT2D eigenvalue weighted by molar-refractivity contribution is -0.129. The van der Waals surface area contributed by atoms with Crippen molar-refractivity contribution in [3.05, 3.63) is 0 Å². The standard InChI is InChI=1S/C9H17N3O2/c1-11(2)9(13)5-12-3-7-6-14-10-8(7)4-12/h7-8,10H,3-6H2,1-2H3. The van der Waals surface area contributed by atoms with E-state index in [-0.39, 0.29) is 5.91 Å². The van der Waals surface area contributed by atoms with E-state index >= 15 is 0 Å². The largest absolute Gasteiger partial charge is 0.348 e. The molecule has 2 atom stereocenters. The van der Waals surface area contributed by atoms with Crippen LogP contribution in [0.3, 0.4) is 0 Å². The molecular formula is C9H17N3O2. The van der Waals surface area contributed by atoms with Crippen LogP contribution in [0, 0.1) is 5.92 Å². The molecule has 80 valence electrons. The number of carbonyl (C=O) groups excluding carboxylic acids is 1. The summed E-state index contributed by atoms with van der Waals surface area (Å²) in [6, 6.07) is 0.421. The van der Waals surface area contributed by atoms with Crippen LogP contribution in [-0.2, 0) is 9.63 Å². The molecule has 0 saturated carbocycles. The molecule has 0 bridgehead atoms. The number of nitrogens with one attached hydrogen (secondary N) is 1. The zero-order chi connectivity index (χ0) is 10.1. The Bertz CT molecular complexity index is 220. The van der Waals surface area contributed by atoms with Gasteiger partial charge >= 0.3 is 0 Å². The summed E-state index contributed by atoms with van der Waals surface area (Å²) in [6.45, 7) is 3.19. The van der Waals surface area contributed by atoms with Crippen LogP contribution in [0.25, 0.3) is 0 Å². The van der Waals surface area contributed by atoms with Crippen molar-refractivity contribution in [1.82, 2.24) is 15.3 Å². The van der Waals surface area contributed by atoms with Crippen molar-refractivity contribution in [2.45, 2.75) is 6.04 Å². The van der Waals surface area contributed by atoms with Gasteiger partial charge in [-0.25, -0.2) is 0 Å². The highest BCUT2D eigenvalue weighted by Crippen LogP contribution is 2.21. The molecule has 1 N–H and O–H groups in total. The number of likely N-dealkylation sites (N-methyl/N-ethyl adjacent to an activating group) is 1. The van der Waals surface area contributed by atoms with Crippen LogP contribution in [0.2, 0.25) is 0 Å². The van der Waals surface area contributed by atoms with Crippen LogP contribution in [0.1, 0.15) is 0 Å². The van der Waals surface area contributed by atoms with Crippen LogP contribution >= 0.6 is 0 Å². The number of nitrogens with zero attached hydrogens (tertiary/aromatic N) is 2. The molecule has 0 aliphatic carbocycles. The monoisotopic (exact) mass is 199 g/mol. The zero-order valence-corrected chi connectivity index (χ0v) is 8.69. The molecule has 0 aromatic heterocycles. The molecule has 0 aromatic carbocycles. The fourth-order valence-electron chi connectivity index (χ4n) is 1.99. The Morgan fingerprint density at radius 2 is 2.36 bits per heavy atom. The third kappa shape index (κ3) is 1.89. The third-order valence-corrected chi connectivity index (χ3v) is 2.91. The second-order valence-corrected chi connectivity index (χ2v) is 4.28. The molecule has 14 heavy (non-hydrogen) atoms. The first-order valence-electron chi connectivity index (χ1n) is 4.96. The summed E-state index contributed by atoms with van der Waals surface area (Å²) in [7, 11) is 3.58. The topological polar surface area (TPSA) is 44.8 Å². The van der Waals surface area contributed by atoms with Crippen molar-refractivity contribution >= 4 is 5.91 Å². The van der Waals surface area contributed by atoms with Gasteiger partial charge in [-0.3, -0.25) is 9.69 Å². The smallest absolute Gasteiger partial charge is 0.236 e. The lowest BCUT2D eigenvalue weighted by Crippen LogP contribution is -2.37. The average Bonchev–Trinajstić information content (AvgIpc) is 2.63. The van der Waals surface area contributed by atoms with Crippen molar-refractivity contribution < 1.29 is 9.63 Å². The Morgan fingerprint density at radius 3 is 3.00 bits per heavy atom. The summed E-state index contributed by atoms with van der Waals surface area (Å²) in [5.74, 6) is 0.732. The van der Waals surface area contributed by atoms with Gasteiger partial charge in [0, 0.05) is 33.1 Å². The van der Waals surface area contributed by atoms with Crippen molar-refractivity contribution in [3.63, 3.8) is 0 Å². The second kappa shape index (κ2) is 3.84. The maximum Gasteiger partial charge on any atom is 0.236 e. The zero-order valence-electron chi connectivity index (χ0n) is 8.69. The minimum absolute atomic E-state index is 0.172. The number of rotatable bonds is 2. The molecule has 2 aliphatic heterocycles. The van der Waals surface area contributed by atoms with Gasteiger partial charge in [0.15, 0.2) is 0 Å². The van der Waals surface area contributed by atoms with Crippen molar-refractivity contribution in [1.29, 1.82) is 0 Å². The molecule has 5 heteroatoms. The molecule has 2 heterocycles.